The molecule has 2 aromatic carbocycles. The van der Waals surface area contributed by atoms with Crippen LogP contribution >= 0.6 is 0 Å². The summed E-state index contributed by atoms with van der Waals surface area (Å²) in [6.45, 7) is 4.74. The van der Waals surface area contributed by atoms with Gasteiger partial charge in [-0.3, -0.25) is 9.69 Å². The molecule has 0 radical (unpaired) electrons. The number of halogens is 1. The van der Waals surface area contributed by atoms with Gasteiger partial charge < -0.3 is 14.5 Å². The minimum absolute atomic E-state index is 0.0107. The van der Waals surface area contributed by atoms with Gasteiger partial charge in [0.2, 0.25) is 0 Å². The minimum Gasteiger partial charge on any atom is -0.442 e. The second kappa shape index (κ2) is 9.12. The highest BCUT2D eigenvalue weighted by molar-refractivity contribution is 5.94. The molecule has 0 saturated carbocycles. The third kappa shape index (κ3) is 4.43. The maximum absolute atomic E-state index is 15.1. The number of aromatic nitrogens is 3. The smallest absolute Gasteiger partial charge is 0.414 e. The summed E-state index contributed by atoms with van der Waals surface area (Å²) in [7, 11) is 0. The molecule has 2 fully saturated rings. The second-order valence-corrected chi connectivity index (χ2v) is 8.52. The number of nitrogens with zero attached hydrogens (tertiary/aromatic N) is 6. The molecular formula is C24H25FN6O3. The zero-order chi connectivity index (χ0) is 23.7. The third-order valence-corrected chi connectivity index (χ3v) is 6.19. The molecule has 1 aromatic heterocycles. The predicted molar refractivity (Wildman–Crippen MR) is 123 cm³/mol. The van der Waals surface area contributed by atoms with Crippen molar-refractivity contribution in [3.8, 4) is 0 Å². The van der Waals surface area contributed by atoms with E-state index >= 15 is 4.39 Å². The molecule has 0 N–H and O–H groups in total. The monoisotopic (exact) mass is 464 g/mol. The van der Waals surface area contributed by atoms with Gasteiger partial charge in [-0.2, -0.15) is 0 Å². The van der Waals surface area contributed by atoms with Crippen molar-refractivity contribution in [3.63, 3.8) is 0 Å². The molecule has 0 unspecified atom stereocenters. The first kappa shape index (κ1) is 21.9. The van der Waals surface area contributed by atoms with Crippen LogP contribution in [0.5, 0.6) is 0 Å². The molecule has 0 spiro atoms. The number of hydrogen-bond donors (Lipinski definition) is 0. The molecule has 2 amide bonds. The molecule has 5 rings (SSSR count). The van der Waals surface area contributed by atoms with Crippen molar-refractivity contribution in [2.24, 2.45) is 0 Å². The molecule has 0 aliphatic carbocycles. The topological polar surface area (TPSA) is 83.8 Å². The van der Waals surface area contributed by atoms with Crippen molar-refractivity contribution < 1.29 is 18.7 Å². The summed E-state index contributed by atoms with van der Waals surface area (Å²) in [6.07, 6.45) is 2.34. The Morgan fingerprint density at radius 1 is 1.12 bits per heavy atom. The number of benzene rings is 2. The lowest BCUT2D eigenvalue weighted by molar-refractivity contribution is 0.0746. The average molecular weight is 465 g/mol. The largest absolute Gasteiger partial charge is 0.442 e. The number of cyclic esters (lactones) is 1. The van der Waals surface area contributed by atoms with Crippen LogP contribution in [0.15, 0.2) is 54.9 Å². The van der Waals surface area contributed by atoms with Crippen LogP contribution in [0.1, 0.15) is 15.9 Å². The number of aryl methyl sites for hydroxylation is 1. The Bertz CT molecular complexity index is 1180. The van der Waals surface area contributed by atoms with E-state index in [4.69, 9.17) is 4.74 Å². The Kier molecular flexibility index (Phi) is 5.87. The number of carbonyl (C=O) groups excluding carboxylic acids is 2. The average Bonchev–Trinajstić information content (AvgIpc) is 3.49. The van der Waals surface area contributed by atoms with Gasteiger partial charge >= 0.3 is 6.09 Å². The van der Waals surface area contributed by atoms with Crippen molar-refractivity contribution in [2.45, 2.75) is 19.6 Å². The van der Waals surface area contributed by atoms with Crippen LogP contribution in [0.4, 0.5) is 20.6 Å². The van der Waals surface area contributed by atoms with E-state index in [1.54, 1.807) is 34.1 Å². The minimum atomic E-state index is -0.513. The highest BCUT2D eigenvalue weighted by atomic mass is 19.1. The summed E-state index contributed by atoms with van der Waals surface area (Å²) in [5.41, 5.74) is 2.67. The highest BCUT2D eigenvalue weighted by Gasteiger charge is 2.33. The van der Waals surface area contributed by atoms with Crippen molar-refractivity contribution in [3.05, 3.63) is 71.8 Å². The van der Waals surface area contributed by atoms with E-state index in [-0.39, 0.29) is 5.91 Å². The Hall–Kier alpha value is -3.95. The van der Waals surface area contributed by atoms with Gasteiger partial charge in [-0.1, -0.05) is 22.9 Å². The van der Waals surface area contributed by atoms with Crippen LogP contribution in [0, 0.1) is 12.7 Å². The van der Waals surface area contributed by atoms with E-state index in [1.165, 1.54) is 11.0 Å². The fourth-order valence-electron chi connectivity index (χ4n) is 4.32. The molecule has 2 aliphatic heterocycles. The summed E-state index contributed by atoms with van der Waals surface area (Å²) in [4.78, 5) is 30.2. The van der Waals surface area contributed by atoms with E-state index in [0.29, 0.717) is 56.2 Å². The maximum atomic E-state index is 15.1. The van der Waals surface area contributed by atoms with Crippen LogP contribution in [0.25, 0.3) is 0 Å². The molecule has 2 saturated heterocycles. The van der Waals surface area contributed by atoms with E-state index in [0.717, 1.165) is 5.56 Å². The summed E-state index contributed by atoms with van der Waals surface area (Å²) >= 11 is 0. The number of ether oxygens (including phenoxy) is 1. The Morgan fingerprint density at radius 3 is 2.56 bits per heavy atom. The van der Waals surface area contributed by atoms with E-state index in [9.17, 15) is 9.59 Å². The molecule has 176 valence electrons. The molecule has 3 heterocycles. The molecule has 34 heavy (non-hydrogen) atoms. The number of anilines is 2. The first-order valence-electron chi connectivity index (χ1n) is 11.2. The highest BCUT2D eigenvalue weighted by Crippen LogP contribution is 2.29. The van der Waals surface area contributed by atoms with Crippen LogP contribution in [0.2, 0.25) is 0 Å². The maximum Gasteiger partial charge on any atom is 0.414 e. The number of hydrogen-bond acceptors (Lipinski definition) is 6. The van der Waals surface area contributed by atoms with Gasteiger partial charge in [0.15, 0.2) is 0 Å². The quantitative estimate of drug-likeness (QED) is 0.578. The second-order valence-electron chi connectivity index (χ2n) is 8.52. The van der Waals surface area contributed by atoms with Gasteiger partial charge in [-0.05, 0) is 37.3 Å². The van der Waals surface area contributed by atoms with Crippen molar-refractivity contribution in [2.75, 3.05) is 42.5 Å². The molecule has 1 atom stereocenters. The normalized spacial score (nSPS) is 18.4. The van der Waals surface area contributed by atoms with Crippen molar-refractivity contribution in [1.29, 1.82) is 0 Å². The van der Waals surface area contributed by atoms with Gasteiger partial charge in [-0.25, -0.2) is 13.9 Å². The SMILES string of the molecule is Cc1ccc(C(=O)N2CCN(c3ccc(N4C[C@H](Cn5ccnn5)OC4=O)cc3F)CC2)cc1. The van der Waals surface area contributed by atoms with E-state index < -0.39 is 18.0 Å². The summed E-state index contributed by atoms with van der Waals surface area (Å²) in [5, 5.41) is 7.63. The van der Waals surface area contributed by atoms with E-state index in [1.807, 2.05) is 36.1 Å². The van der Waals surface area contributed by atoms with Gasteiger partial charge in [0, 0.05) is 37.9 Å². The summed E-state index contributed by atoms with van der Waals surface area (Å²) in [5.74, 6) is -0.424. The lowest BCUT2D eigenvalue weighted by atomic mass is 10.1. The molecular weight excluding hydrogens is 439 g/mol. The number of carbonyl (C=O) groups is 2. The fraction of sp³-hybridized carbons (Fsp3) is 0.333. The zero-order valence-electron chi connectivity index (χ0n) is 18.8. The molecule has 10 heteroatoms. The number of amides is 2. The first-order chi connectivity index (χ1) is 16.5. The lowest BCUT2D eigenvalue weighted by Crippen LogP contribution is -2.49. The zero-order valence-corrected chi connectivity index (χ0v) is 18.8. The molecule has 3 aromatic rings. The summed E-state index contributed by atoms with van der Waals surface area (Å²) in [6, 6.07) is 12.3. The predicted octanol–water partition coefficient (Wildman–Crippen LogP) is 2.71. The lowest BCUT2D eigenvalue weighted by Gasteiger charge is -2.36. The Labute approximate surface area is 196 Å². The van der Waals surface area contributed by atoms with Crippen molar-refractivity contribution in [1.82, 2.24) is 19.9 Å². The van der Waals surface area contributed by atoms with Gasteiger partial charge in [0.05, 0.1) is 30.7 Å². The molecule has 0 bridgehead atoms. The molecule has 9 nitrogen and oxygen atoms in total. The Morgan fingerprint density at radius 2 is 1.88 bits per heavy atom. The van der Waals surface area contributed by atoms with E-state index in [2.05, 4.69) is 10.3 Å². The number of rotatable bonds is 5. The molecule has 2 aliphatic rings. The van der Waals surface area contributed by atoms with Crippen molar-refractivity contribution >= 4 is 23.4 Å². The van der Waals surface area contributed by atoms with Crippen LogP contribution in [0.3, 0.4) is 0 Å². The first-order valence-corrected chi connectivity index (χ1v) is 11.2. The van der Waals surface area contributed by atoms with Crippen LogP contribution < -0.4 is 9.80 Å². The third-order valence-electron chi connectivity index (χ3n) is 6.19. The number of piperazine rings is 1. The summed E-state index contributed by atoms with van der Waals surface area (Å²) < 4.78 is 22.0. The fourth-order valence-corrected chi connectivity index (χ4v) is 4.32. The standard InChI is InChI=1S/C24H25FN6O3/c1-17-2-4-18(5-3-17)23(32)29-12-10-28(11-13-29)22-7-6-19(14-21(22)25)31-16-20(34-24(31)33)15-30-9-8-26-27-30/h2-9,14,20H,10-13,15-16H2,1H3/t20-/m0/s1. The van der Waals surface area contributed by atoms with Gasteiger partial charge in [0.25, 0.3) is 5.91 Å². The van der Waals surface area contributed by atoms with Gasteiger partial charge in [0.1, 0.15) is 11.9 Å². The Balaban J connectivity index is 1.21. The van der Waals surface area contributed by atoms with Gasteiger partial charge in [-0.15, -0.1) is 5.10 Å². The van der Waals surface area contributed by atoms with Crippen LogP contribution in [-0.4, -0.2) is 70.7 Å². The van der Waals surface area contributed by atoms with Crippen LogP contribution in [-0.2, 0) is 11.3 Å².